The number of rotatable bonds is 2. The van der Waals surface area contributed by atoms with Crippen LogP contribution in [0.2, 0.25) is 0 Å². The summed E-state index contributed by atoms with van der Waals surface area (Å²) < 4.78 is 37.0. The molecule has 0 aliphatic carbocycles. The van der Waals surface area contributed by atoms with Gasteiger partial charge in [-0.05, 0) is 12.8 Å². The van der Waals surface area contributed by atoms with Crippen LogP contribution in [0.4, 0.5) is 13.2 Å². The van der Waals surface area contributed by atoms with Crippen LogP contribution in [0.15, 0.2) is 0 Å². The second-order valence-corrected chi connectivity index (χ2v) is 3.39. The maximum absolute atomic E-state index is 12.3. The fourth-order valence-electron chi connectivity index (χ4n) is 1.64. The zero-order chi connectivity index (χ0) is 10.8. The first-order valence-electron chi connectivity index (χ1n) is 4.49. The lowest BCUT2D eigenvalue weighted by atomic mass is 10.2. The van der Waals surface area contributed by atoms with Gasteiger partial charge >= 0.3 is 6.30 Å². The summed E-state index contributed by atoms with van der Waals surface area (Å²) in [6.07, 6.45) is -3.26. The molecule has 0 radical (unpaired) electrons. The van der Waals surface area contributed by atoms with Crippen LogP contribution in [0.5, 0.6) is 0 Å². The van der Waals surface area contributed by atoms with E-state index in [0.717, 1.165) is 0 Å². The van der Waals surface area contributed by atoms with Gasteiger partial charge in [-0.2, -0.15) is 13.2 Å². The molecule has 1 heterocycles. The molecule has 1 N–H and O–H groups in total. The monoisotopic (exact) mass is 210 g/mol. The predicted octanol–water partition coefficient (Wildman–Crippen LogP) is 1.11. The molecule has 1 saturated heterocycles. The largest absolute Gasteiger partial charge is 0.460 e. The third kappa shape index (κ3) is 2.87. The standard InChI is InChI=1S/C8H13F3N2O/c1-6(14)12-5-7-3-2-4-13(7)8(9,10)11/h7H,2-5H2,1H3,(H,12,14). The van der Waals surface area contributed by atoms with Gasteiger partial charge < -0.3 is 5.32 Å². The third-order valence-electron chi connectivity index (χ3n) is 2.29. The lowest BCUT2D eigenvalue weighted by Gasteiger charge is -2.26. The van der Waals surface area contributed by atoms with Gasteiger partial charge in [0, 0.05) is 26.1 Å². The van der Waals surface area contributed by atoms with Crippen LogP contribution >= 0.6 is 0 Å². The molecule has 6 heteroatoms. The first kappa shape index (κ1) is 11.3. The van der Waals surface area contributed by atoms with Crippen molar-refractivity contribution in [3.63, 3.8) is 0 Å². The molecule has 0 spiro atoms. The summed E-state index contributed by atoms with van der Waals surface area (Å²) in [6.45, 7) is 1.41. The molecule has 1 unspecified atom stereocenters. The van der Waals surface area contributed by atoms with Crippen molar-refractivity contribution < 1.29 is 18.0 Å². The topological polar surface area (TPSA) is 32.3 Å². The number of likely N-dealkylation sites (tertiary alicyclic amines) is 1. The maximum atomic E-state index is 12.3. The minimum atomic E-state index is -4.28. The summed E-state index contributed by atoms with van der Waals surface area (Å²) in [4.78, 5) is 11.0. The van der Waals surface area contributed by atoms with E-state index in [2.05, 4.69) is 5.32 Å². The van der Waals surface area contributed by atoms with E-state index < -0.39 is 12.3 Å². The molecule has 1 amide bonds. The number of hydrogen-bond donors (Lipinski definition) is 1. The van der Waals surface area contributed by atoms with E-state index in [1.165, 1.54) is 6.92 Å². The number of halogens is 3. The highest BCUT2D eigenvalue weighted by atomic mass is 19.4. The molecule has 3 nitrogen and oxygen atoms in total. The minimum Gasteiger partial charge on any atom is -0.355 e. The number of nitrogens with zero attached hydrogens (tertiary/aromatic N) is 1. The van der Waals surface area contributed by atoms with E-state index in [1.807, 2.05) is 0 Å². The van der Waals surface area contributed by atoms with Crippen molar-refractivity contribution in [3.8, 4) is 0 Å². The molecule has 1 fully saturated rings. The van der Waals surface area contributed by atoms with Crippen LogP contribution in [0.1, 0.15) is 19.8 Å². The molecule has 0 aromatic heterocycles. The van der Waals surface area contributed by atoms with Crippen LogP contribution in [0.25, 0.3) is 0 Å². The van der Waals surface area contributed by atoms with E-state index in [9.17, 15) is 18.0 Å². The van der Waals surface area contributed by atoms with Gasteiger partial charge in [-0.25, -0.2) is 4.90 Å². The predicted molar refractivity (Wildman–Crippen MR) is 44.5 cm³/mol. The van der Waals surface area contributed by atoms with Gasteiger partial charge in [0.25, 0.3) is 0 Å². The highest BCUT2D eigenvalue weighted by Gasteiger charge is 2.44. The summed E-state index contributed by atoms with van der Waals surface area (Å²) in [5.41, 5.74) is 0. The fraction of sp³-hybridized carbons (Fsp3) is 0.875. The highest BCUT2D eigenvalue weighted by molar-refractivity contribution is 5.72. The molecule has 0 bridgehead atoms. The third-order valence-corrected chi connectivity index (χ3v) is 2.29. The van der Waals surface area contributed by atoms with Gasteiger partial charge in [0.05, 0.1) is 0 Å². The number of hydrogen-bond acceptors (Lipinski definition) is 2. The Morgan fingerprint density at radius 1 is 1.57 bits per heavy atom. The Hall–Kier alpha value is -0.780. The molecule has 1 aliphatic heterocycles. The molecule has 1 rings (SSSR count). The van der Waals surface area contributed by atoms with Crippen molar-refractivity contribution >= 4 is 5.91 Å². The van der Waals surface area contributed by atoms with Gasteiger partial charge in [-0.3, -0.25) is 4.79 Å². The van der Waals surface area contributed by atoms with Gasteiger partial charge in [0.15, 0.2) is 0 Å². The van der Waals surface area contributed by atoms with Gasteiger partial charge in [-0.15, -0.1) is 0 Å². The lowest BCUT2D eigenvalue weighted by molar-refractivity contribution is -0.249. The molecule has 0 saturated carbocycles. The SMILES string of the molecule is CC(=O)NCC1CCCN1C(F)(F)F. The molecule has 1 atom stereocenters. The number of carbonyl (C=O) groups excluding carboxylic acids is 1. The zero-order valence-electron chi connectivity index (χ0n) is 7.90. The molecular weight excluding hydrogens is 197 g/mol. The number of amides is 1. The molecular formula is C8H13F3N2O. The molecule has 0 aromatic rings. The lowest BCUT2D eigenvalue weighted by Crippen LogP contribution is -2.46. The Balaban J connectivity index is 2.47. The average Bonchev–Trinajstić information content (AvgIpc) is 2.46. The van der Waals surface area contributed by atoms with Crippen LogP contribution in [0, 0.1) is 0 Å². The number of alkyl halides is 3. The summed E-state index contributed by atoms with van der Waals surface area (Å²) in [7, 11) is 0. The van der Waals surface area contributed by atoms with Crippen LogP contribution in [-0.2, 0) is 4.79 Å². The second-order valence-electron chi connectivity index (χ2n) is 3.39. The van der Waals surface area contributed by atoms with Crippen molar-refractivity contribution in [2.45, 2.75) is 32.1 Å². The van der Waals surface area contributed by atoms with E-state index in [1.54, 1.807) is 0 Å². The van der Waals surface area contributed by atoms with Crippen molar-refractivity contribution in [2.24, 2.45) is 0 Å². The van der Waals surface area contributed by atoms with Crippen LogP contribution < -0.4 is 5.32 Å². The second kappa shape index (κ2) is 4.16. The van der Waals surface area contributed by atoms with Crippen LogP contribution in [-0.4, -0.2) is 36.2 Å². The first-order chi connectivity index (χ1) is 6.41. The molecule has 1 aliphatic rings. The Morgan fingerprint density at radius 2 is 2.21 bits per heavy atom. The summed E-state index contributed by atoms with van der Waals surface area (Å²) in [6, 6.07) is -0.598. The number of carbonyl (C=O) groups is 1. The molecule has 0 aromatic carbocycles. The Kier molecular flexibility index (Phi) is 3.36. The summed E-state index contributed by atoms with van der Waals surface area (Å²) in [5.74, 6) is -0.293. The summed E-state index contributed by atoms with van der Waals surface area (Å²) in [5, 5.41) is 2.41. The van der Waals surface area contributed by atoms with Gasteiger partial charge in [0.2, 0.25) is 5.91 Å². The minimum absolute atomic E-state index is 0.0355. The first-order valence-corrected chi connectivity index (χ1v) is 4.49. The highest BCUT2D eigenvalue weighted by Crippen LogP contribution is 2.30. The Morgan fingerprint density at radius 3 is 2.71 bits per heavy atom. The Labute approximate surface area is 80.3 Å². The van der Waals surface area contributed by atoms with E-state index >= 15 is 0 Å². The average molecular weight is 210 g/mol. The van der Waals surface area contributed by atoms with Crippen molar-refractivity contribution in [1.29, 1.82) is 0 Å². The quantitative estimate of drug-likeness (QED) is 0.692. The van der Waals surface area contributed by atoms with E-state index in [0.29, 0.717) is 17.7 Å². The van der Waals surface area contributed by atoms with Crippen molar-refractivity contribution in [1.82, 2.24) is 10.2 Å². The zero-order valence-corrected chi connectivity index (χ0v) is 7.90. The Bertz CT molecular complexity index is 217. The van der Waals surface area contributed by atoms with E-state index in [4.69, 9.17) is 0 Å². The van der Waals surface area contributed by atoms with Gasteiger partial charge in [-0.1, -0.05) is 0 Å². The van der Waals surface area contributed by atoms with Crippen molar-refractivity contribution in [2.75, 3.05) is 13.1 Å². The van der Waals surface area contributed by atoms with Gasteiger partial charge in [0.1, 0.15) is 0 Å². The van der Waals surface area contributed by atoms with E-state index in [-0.39, 0.29) is 19.0 Å². The smallest absolute Gasteiger partial charge is 0.355 e. The van der Waals surface area contributed by atoms with Crippen molar-refractivity contribution in [3.05, 3.63) is 0 Å². The van der Waals surface area contributed by atoms with Crippen LogP contribution in [0.3, 0.4) is 0 Å². The number of nitrogens with one attached hydrogen (secondary N) is 1. The summed E-state index contributed by atoms with van der Waals surface area (Å²) >= 11 is 0. The molecule has 14 heavy (non-hydrogen) atoms. The molecule has 82 valence electrons. The maximum Gasteiger partial charge on any atom is 0.460 e. The fourth-order valence-corrected chi connectivity index (χ4v) is 1.64. The normalized spacial score (nSPS) is 23.9.